The number of hydrogen-bond donors (Lipinski definition) is 2. The van der Waals surface area contributed by atoms with Crippen LogP contribution in [0.3, 0.4) is 0 Å². The summed E-state index contributed by atoms with van der Waals surface area (Å²) in [5.74, 6) is -0.300. The van der Waals surface area contributed by atoms with Gasteiger partial charge in [-0.25, -0.2) is 8.42 Å². The summed E-state index contributed by atoms with van der Waals surface area (Å²) >= 11 is 0. The van der Waals surface area contributed by atoms with E-state index >= 15 is 0 Å². The number of nitro benzene ring substituents is 1. The van der Waals surface area contributed by atoms with Crippen molar-refractivity contribution in [2.45, 2.75) is 6.92 Å². The Morgan fingerprint density at radius 3 is 2.46 bits per heavy atom. The molecule has 2 aromatic carbocycles. The fourth-order valence-electron chi connectivity index (χ4n) is 2.29. The minimum Gasteiger partial charge on any atom is -0.495 e. The highest BCUT2D eigenvalue weighted by Crippen LogP contribution is 2.30. The predicted octanol–water partition coefficient (Wildman–Crippen LogP) is 2.54. The molecule has 0 radical (unpaired) electrons. The molecule has 0 fully saturated rings. The van der Waals surface area contributed by atoms with E-state index in [-0.39, 0.29) is 28.4 Å². The van der Waals surface area contributed by atoms with Gasteiger partial charge in [0.15, 0.2) is 0 Å². The third kappa shape index (κ3) is 4.48. The van der Waals surface area contributed by atoms with E-state index in [1.165, 1.54) is 43.5 Å². The number of carbonyl (C=O) groups excluding carboxylic acids is 1. The standard InChI is InChI=1S/C16H17N3O6S/c1-10-12(5-4-6-13(10)18-26(3,23)24)16(20)17-14-9-11(19(21)22)7-8-15(14)25-2/h4-9,18H,1-3H3,(H,17,20). The second-order valence-corrected chi connectivity index (χ2v) is 7.20. The monoisotopic (exact) mass is 379 g/mol. The molecule has 9 nitrogen and oxygen atoms in total. The quantitative estimate of drug-likeness (QED) is 0.586. The molecule has 0 saturated carbocycles. The fraction of sp³-hybridized carbons (Fsp3) is 0.188. The zero-order valence-electron chi connectivity index (χ0n) is 14.3. The summed E-state index contributed by atoms with van der Waals surface area (Å²) < 4.78 is 30.3. The first kappa shape index (κ1) is 19.2. The predicted molar refractivity (Wildman–Crippen MR) is 97.2 cm³/mol. The average Bonchev–Trinajstić information content (AvgIpc) is 2.55. The maximum Gasteiger partial charge on any atom is 0.271 e. The van der Waals surface area contributed by atoms with E-state index in [9.17, 15) is 23.3 Å². The maximum atomic E-state index is 12.6. The molecular formula is C16H17N3O6S. The van der Waals surface area contributed by atoms with Gasteiger partial charge in [-0.1, -0.05) is 6.07 Å². The molecule has 0 unspecified atom stereocenters. The number of ether oxygens (including phenoxy) is 1. The van der Waals surface area contributed by atoms with Crippen molar-refractivity contribution < 1.29 is 22.9 Å². The molecule has 10 heteroatoms. The summed E-state index contributed by atoms with van der Waals surface area (Å²) in [6, 6.07) is 8.40. The first-order valence-electron chi connectivity index (χ1n) is 7.33. The number of benzene rings is 2. The van der Waals surface area contributed by atoms with Gasteiger partial charge in [-0.05, 0) is 30.7 Å². The van der Waals surface area contributed by atoms with Gasteiger partial charge in [0.1, 0.15) is 5.75 Å². The lowest BCUT2D eigenvalue weighted by Gasteiger charge is -2.14. The highest BCUT2D eigenvalue weighted by molar-refractivity contribution is 7.92. The Kier molecular flexibility index (Phi) is 5.46. The number of non-ortho nitro benzene ring substituents is 1. The van der Waals surface area contributed by atoms with Gasteiger partial charge in [0.2, 0.25) is 10.0 Å². The van der Waals surface area contributed by atoms with E-state index < -0.39 is 20.9 Å². The van der Waals surface area contributed by atoms with Gasteiger partial charge in [0.25, 0.3) is 11.6 Å². The molecule has 0 bridgehead atoms. The van der Waals surface area contributed by atoms with Crippen molar-refractivity contribution in [3.05, 3.63) is 57.6 Å². The third-order valence-corrected chi connectivity index (χ3v) is 4.11. The van der Waals surface area contributed by atoms with Crippen LogP contribution in [0, 0.1) is 17.0 Å². The van der Waals surface area contributed by atoms with Crippen LogP contribution in [0.25, 0.3) is 0 Å². The van der Waals surface area contributed by atoms with Gasteiger partial charge in [-0.15, -0.1) is 0 Å². The Labute approximate surface area is 150 Å². The molecule has 0 aliphatic carbocycles. The number of anilines is 2. The van der Waals surface area contributed by atoms with Crippen molar-refractivity contribution in [3.8, 4) is 5.75 Å². The van der Waals surface area contributed by atoms with E-state index in [2.05, 4.69) is 10.0 Å². The molecular weight excluding hydrogens is 362 g/mol. The topological polar surface area (TPSA) is 128 Å². The highest BCUT2D eigenvalue weighted by atomic mass is 32.2. The molecule has 0 aliphatic heterocycles. The van der Waals surface area contributed by atoms with Gasteiger partial charge < -0.3 is 10.1 Å². The summed E-state index contributed by atoms with van der Waals surface area (Å²) in [7, 11) is -2.13. The second-order valence-electron chi connectivity index (χ2n) is 5.45. The molecule has 0 saturated heterocycles. The Morgan fingerprint density at radius 1 is 1.19 bits per heavy atom. The van der Waals surface area contributed by atoms with E-state index in [1.54, 1.807) is 6.92 Å². The fourth-order valence-corrected chi connectivity index (χ4v) is 2.91. The summed E-state index contributed by atoms with van der Waals surface area (Å²) in [5, 5.41) is 13.5. The van der Waals surface area contributed by atoms with Crippen LogP contribution in [0.4, 0.5) is 17.1 Å². The Hall–Kier alpha value is -3.14. The molecule has 0 spiro atoms. The Balaban J connectivity index is 2.38. The largest absolute Gasteiger partial charge is 0.495 e. The zero-order chi connectivity index (χ0) is 19.5. The van der Waals surface area contributed by atoms with Crippen molar-refractivity contribution in [2.75, 3.05) is 23.4 Å². The first-order chi connectivity index (χ1) is 12.1. The normalized spacial score (nSPS) is 10.9. The zero-order valence-corrected chi connectivity index (χ0v) is 15.1. The summed E-state index contributed by atoms with van der Waals surface area (Å²) in [6.07, 6.45) is 1.01. The molecule has 2 rings (SSSR count). The first-order valence-corrected chi connectivity index (χ1v) is 9.22. The van der Waals surface area contributed by atoms with Crippen molar-refractivity contribution in [1.29, 1.82) is 0 Å². The molecule has 2 N–H and O–H groups in total. The highest BCUT2D eigenvalue weighted by Gasteiger charge is 2.17. The molecule has 26 heavy (non-hydrogen) atoms. The van der Waals surface area contributed by atoms with Crippen LogP contribution >= 0.6 is 0 Å². The van der Waals surface area contributed by atoms with Crippen LogP contribution in [0.5, 0.6) is 5.75 Å². The number of nitro groups is 1. The molecule has 0 atom stereocenters. The Bertz CT molecular complexity index is 972. The molecule has 1 amide bonds. The number of rotatable bonds is 6. The molecule has 0 aliphatic rings. The van der Waals surface area contributed by atoms with Crippen LogP contribution < -0.4 is 14.8 Å². The maximum absolute atomic E-state index is 12.6. The van der Waals surface area contributed by atoms with Gasteiger partial charge >= 0.3 is 0 Å². The lowest BCUT2D eigenvalue weighted by atomic mass is 10.1. The molecule has 138 valence electrons. The number of methoxy groups -OCH3 is 1. The van der Waals surface area contributed by atoms with Crippen LogP contribution in [0.2, 0.25) is 0 Å². The summed E-state index contributed by atoms with van der Waals surface area (Å²) in [6.45, 7) is 1.59. The number of hydrogen-bond acceptors (Lipinski definition) is 6. The summed E-state index contributed by atoms with van der Waals surface area (Å²) in [4.78, 5) is 22.9. The minimum atomic E-state index is -3.50. The number of nitrogens with one attached hydrogen (secondary N) is 2. The van der Waals surface area contributed by atoms with E-state index in [4.69, 9.17) is 4.74 Å². The van der Waals surface area contributed by atoms with Crippen molar-refractivity contribution in [1.82, 2.24) is 0 Å². The van der Waals surface area contributed by atoms with Crippen molar-refractivity contribution >= 4 is 33.0 Å². The smallest absolute Gasteiger partial charge is 0.271 e. The number of carbonyl (C=O) groups is 1. The summed E-state index contributed by atoms with van der Waals surface area (Å²) in [5.41, 5.74) is 0.830. The van der Waals surface area contributed by atoms with Crippen molar-refractivity contribution in [2.24, 2.45) is 0 Å². The third-order valence-electron chi connectivity index (χ3n) is 3.52. The van der Waals surface area contributed by atoms with Gasteiger partial charge in [-0.3, -0.25) is 19.6 Å². The van der Waals surface area contributed by atoms with E-state index in [1.807, 2.05) is 0 Å². The average molecular weight is 379 g/mol. The second kappa shape index (κ2) is 7.40. The minimum absolute atomic E-state index is 0.132. The van der Waals surface area contributed by atoms with Crippen molar-refractivity contribution in [3.63, 3.8) is 0 Å². The van der Waals surface area contributed by atoms with E-state index in [0.717, 1.165) is 6.26 Å². The lowest BCUT2D eigenvalue weighted by molar-refractivity contribution is -0.384. The van der Waals surface area contributed by atoms with Crippen LogP contribution in [0.15, 0.2) is 36.4 Å². The molecule has 2 aromatic rings. The number of nitrogens with zero attached hydrogens (tertiary/aromatic N) is 1. The SMILES string of the molecule is COc1ccc([N+](=O)[O-])cc1NC(=O)c1cccc(NS(C)(=O)=O)c1C. The Morgan fingerprint density at radius 2 is 1.88 bits per heavy atom. The number of sulfonamides is 1. The molecule has 0 aromatic heterocycles. The molecule has 0 heterocycles. The number of amides is 1. The lowest BCUT2D eigenvalue weighted by Crippen LogP contribution is -2.16. The van der Waals surface area contributed by atoms with Crippen LogP contribution in [0.1, 0.15) is 15.9 Å². The van der Waals surface area contributed by atoms with Crippen LogP contribution in [-0.4, -0.2) is 32.6 Å². The van der Waals surface area contributed by atoms with Gasteiger partial charge in [-0.2, -0.15) is 0 Å². The van der Waals surface area contributed by atoms with Gasteiger partial charge in [0, 0.05) is 17.7 Å². The van der Waals surface area contributed by atoms with Crippen LogP contribution in [-0.2, 0) is 10.0 Å². The van der Waals surface area contributed by atoms with E-state index in [0.29, 0.717) is 5.56 Å². The van der Waals surface area contributed by atoms with Gasteiger partial charge in [0.05, 0.1) is 29.7 Å².